The second-order valence-electron chi connectivity index (χ2n) is 4.96. The second kappa shape index (κ2) is 5.24. The number of nitrogens with two attached hydrogens (primary N) is 1. The lowest BCUT2D eigenvalue weighted by Crippen LogP contribution is -2.54. The quantitative estimate of drug-likeness (QED) is 0.647. The number of amides is 3. The number of hydrogen-bond donors (Lipinski definition) is 3. The maximum atomic E-state index is 12.0. The van der Waals surface area contributed by atoms with Gasteiger partial charge in [0, 0.05) is 13.1 Å². The number of nitrogens with zero attached hydrogens (tertiary/aromatic N) is 1. The molecule has 102 valence electrons. The third kappa shape index (κ3) is 3.12. The smallest absolute Gasteiger partial charge is 0.312 e. The topological polar surface area (TPSA) is 113 Å². The molecule has 7 nitrogen and oxygen atoms in total. The van der Waals surface area contributed by atoms with Crippen LogP contribution in [0.25, 0.3) is 0 Å². The molecular formula is C11H19N3O4. The molecule has 0 radical (unpaired) electrons. The number of hydrogen-bond acceptors (Lipinski definition) is 3. The molecule has 0 bridgehead atoms. The maximum Gasteiger partial charge on any atom is 0.312 e. The number of carbonyl (C=O) groups excluding carboxylic acids is 2. The number of piperidine rings is 1. The van der Waals surface area contributed by atoms with E-state index in [9.17, 15) is 14.4 Å². The van der Waals surface area contributed by atoms with Crippen LogP contribution in [0.3, 0.4) is 0 Å². The molecule has 4 N–H and O–H groups in total. The fourth-order valence-corrected chi connectivity index (χ4v) is 2.15. The van der Waals surface area contributed by atoms with E-state index >= 15 is 0 Å². The van der Waals surface area contributed by atoms with Gasteiger partial charge >= 0.3 is 12.0 Å². The van der Waals surface area contributed by atoms with Gasteiger partial charge in [-0.2, -0.15) is 0 Å². The molecule has 0 aromatic rings. The van der Waals surface area contributed by atoms with Crippen LogP contribution in [0.15, 0.2) is 0 Å². The van der Waals surface area contributed by atoms with Crippen molar-refractivity contribution in [1.82, 2.24) is 10.2 Å². The summed E-state index contributed by atoms with van der Waals surface area (Å²) in [6, 6.07) is -1.51. The first-order valence-corrected chi connectivity index (χ1v) is 5.84. The number of nitrogens with one attached hydrogen (secondary N) is 1. The predicted octanol–water partition coefficient (Wildman–Crippen LogP) is -0.243. The number of rotatable bonds is 3. The van der Waals surface area contributed by atoms with Crippen LogP contribution in [0.2, 0.25) is 0 Å². The first-order valence-electron chi connectivity index (χ1n) is 5.84. The molecule has 0 saturated carbocycles. The zero-order chi connectivity index (χ0) is 13.9. The van der Waals surface area contributed by atoms with Crippen molar-refractivity contribution in [2.45, 2.75) is 32.7 Å². The van der Waals surface area contributed by atoms with Crippen molar-refractivity contribution >= 4 is 17.9 Å². The summed E-state index contributed by atoms with van der Waals surface area (Å²) in [6.45, 7) is 3.82. The van der Waals surface area contributed by atoms with E-state index in [2.05, 4.69) is 5.32 Å². The average molecular weight is 257 g/mol. The summed E-state index contributed by atoms with van der Waals surface area (Å²) in [6.07, 6.45) is 1.18. The van der Waals surface area contributed by atoms with Crippen molar-refractivity contribution in [1.29, 1.82) is 0 Å². The highest BCUT2D eigenvalue weighted by Gasteiger charge is 2.40. The Bertz CT molecular complexity index is 371. The summed E-state index contributed by atoms with van der Waals surface area (Å²) >= 11 is 0. The number of carboxylic acids is 1. The van der Waals surface area contributed by atoms with E-state index < -0.39 is 23.5 Å². The number of primary amides is 1. The highest BCUT2D eigenvalue weighted by molar-refractivity contribution is 5.87. The molecule has 3 amide bonds. The van der Waals surface area contributed by atoms with Crippen LogP contribution in [0, 0.1) is 5.41 Å². The minimum absolute atomic E-state index is 0.159. The van der Waals surface area contributed by atoms with Gasteiger partial charge in [0.1, 0.15) is 6.04 Å². The number of urea groups is 1. The average Bonchev–Trinajstić information content (AvgIpc) is 2.27. The van der Waals surface area contributed by atoms with E-state index in [0.717, 1.165) is 0 Å². The summed E-state index contributed by atoms with van der Waals surface area (Å²) in [4.78, 5) is 35.3. The summed E-state index contributed by atoms with van der Waals surface area (Å²) < 4.78 is 0. The molecule has 1 aliphatic rings. The normalized spacial score (nSPS) is 25.3. The Balaban J connectivity index is 2.69. The molecule has 1 rings (SSSR count). The van der Waals surface area contributed by atoms with E-state index in [1.807, 2.05) is 0 Å². The first kappa shape index (κ1) is 14.3. The number of likely N-dealkylation sites (tertiary alicyclic amines) is 1. The van der Waals surface area contributed by atoms with Gasteiger partial charge in [-0.25, -0.2) is 4.79 Å². The van der Waals surface area contributed by atoms with Crippen LogP contribution >= 0.6 is 0 Å². The lowest BCUT2D eigenvalue weighted by atomic mass is 9.82. The van der Waals surface area contributed by atoms with Crippen LogP contribution in [0.4, 0.5) is 4.79 Å². The van der Waals surface area contributed by atoms with Crippen molar-refractivity contribution in [2.75, 3.05) is 13.1 Å². The van der Waals surface area contributed by atoms with Gasteiger partial charge in [-0.1, -0.05) is 0 Å². The number of carboxylic acid groups (broad SMARTS) is 1. The molecule has 0 aromatic carbocycles. The van der Waals surface area contributed by atoms with Gasteiger partial charge in [0.15, 0.2) is 0 Å². The number of aliphatic carboxylic acids is 1. The summed E-state index contributed by atoms with van der Waals surface area (Å²) in [5, 5.41) is 11.4. The molecular weight excluding hydrogens is 238 g/mol. The molecule has 2 atom stereocenters. The molecule has 2 unspecified atom stereocenters. The highest BCUT2D eigenvalue weighted by atomic mass is 16.4. The highest BCUT2D eigenvalue weighted by Crippen LogP contribution is 2.29. The zero-order valence-corrected chi connectivity index (χ0v) is 10.6. The molecule has 18 heavy (non-hydrogen) atoms. The third-order valence-corrected chi connectivity index (χ3v) is 3.25. The van der Waals surface area contributed by atoms with E-state index in [4.69, 9.17) is 10.8 Å². The molecule has 1 aliphatic heterocycles. The van der Waals surface area contributed by atoms with Crippen LogP contribution in [-0.2, 0) is 9.59 Å². The Kier molecular flexibility index (Phi) is 4.15. The van der Waals surface area contributed by atoms with Gasteiger partial charge in [-0.05, 0) is 26.7 Å². The Hall–Kier alpha value is -1.79. The molecule has 7 heteroatoms. The Morgan fingerprint density at radius 1 is 1.44 bits per heavy atom. The van der Waals surface area contributed by atoms with Gasteiger partial charge in [-0.15, -0.1) is 0 Å². The first-order chi connectivity index (χ1) is 8.26. The Morgan fingerprint density at radius 3 is 2.56 bits per heavy atom. The van der Waals surface area contributed by atoms with Crippen LogP contribution in [-0.4, -0.2) is 47.0 Å². The van der Waals surface area contributed by atoms with Gasteiger partial charge in [0.25, 0.3) is 0 Å². The monoisotopic (exact) mass is 257 g/mol. The van der Waals surface area contributed by atoms with Crippen LogP contribution < -0.4 is 11.1 Å². The summed E-state index contributed by atoms with van der Waals surface area (Å²) in [7, 11) is 0. The molecule has 0 spiro atoms. The van der Waals surface area contributed by atoms with Crippen molar-refractivity contribution < 1.29 is 19.5 Å². The SMILES string of the molecule is CC(NC(N)=O)C(=O)N1CCCC(C)(C(=O)O)C1. The molecule has 0 aliphatic carbocycles. The fourth-order valence-electron chi connectivity index (χ4n) is 2.15. The molecule has 1 heterocycles. The zero-order valence-electron chi connectivity index (χ0n) is 10.6. The number of carbonyl (C=O) groups is 3. The second-order valence-corrected chi connectivity index (χ2v) is 4.96. The Morgan fingerprint density at radius 2 is 2.06 bits per heavy atom. The van der Waals surface area contributed by atoms with Crippen molar-refractivity contribution in [3.63, 3.8) is 0 Å². The molecule has 1 fully saturated rings. The van der Waals surface area contributed by atoms with E-state index in [0.29, 0.717) is 19.4 Å². The van der Waals surface area contributed by atoms with Gasteiger partial charge < -0.3 is 21.1 Å². The largest absolute Gasteiger partial charge is 0.481 e. The van der Waals surface area contributed by atoms with E-state index in [-0.39, 0.29) is 12.5 Å². The van der Waals surface area contributed by atoms with Crippen molar-refractivity contribution in [2.24, 2.45) is 11.1 Å². The van der Waals surface area contributed by atoms with Crippen molar-refractivity contribution in [3.8, 4) is 0 Å². The predicted molar refractivity (Wildman–Crippen MR) is 63.7 cm³/mol. The standard InChI is InChI=1S/C11H19N3O4/c1-7(13-10(12)18)8(15)14-5-3-4-11(2,6-14)9(16)17/h7H,3-6H2,1-2H3,(H,16,17)(H3,12,13,18). The lowest BCUT2D eigenvalue weighted by Gasteiger charge is -2.38. The van der Waals surface area contributed by atoms with E-state index in [1.165, 1.54) is 11.8 Å². The summed E-state index contributed by atoms with van der Waals surface area (Å²) in [5.74, 6) is -1.21. The van der Waals surface area contributed by atoms with Gasteiger partial charge in [0.05, 0.1) is 5.41 Å². The Labute approximate surface area is 105 Å². The van der Waals surface area contributed by atoms with E-state index in [1.54, 1.807) is 6.92 Å². The minimum atomic E-state index is -0.916. The molecule has 1 saturated heterocycles. The summed E-state index contributed by atoms with van der Waals surface area (Å²) in [5.41, 5.74) is 4.03. The van der Waals surface area contributed by atoms with Crippen molar-refractivity contribution in [3.05, 3.63) is 0 Å². The van der Waals surface area contributed by atoms with Gasteiger partial charge in [-0.3, -0.25) is 9.59 Å². The van der Waals surface area contributed by atoms with Crippen LogP contribution in [0.5, 0.6) is 0 Å². The fraction of sp³-hybridized carbons (Fsp3) is 0.727. The molecule has 0 aromatic heterocycles. The lowest BCUT2D eigenvalue weighted by molar-refractivity contribution is -0.153. The third-order valence-electron chi connectivity index (χ3n) is 3.25. The minimum Gasteiger partial charge on any atom is -0.481 e. The maximum absolute atomic E-state index is 12.0. The van der Waals surface area contributed by atoms with Gasteiger partial charge in [0.2, 0.25) is 5.91 Å². The van der Waals surface area contributed by atoms with Crippen LogP contribution in [0.1, 0.15) is 26.7 Å².